The van der Waals surface area contributed by atoms with E-state index >= 15 is 0 Å². The lowest BCUT2D eigenvalue weighted by atomic mass is 10.1. The molecule has 20 heavy (non-hydrogen) atoms. The maximum atomic E-state index is 5.93. The highest BCUT2D eigenvalue weighted by atomic mass is 15.3. The topological polar surface area (TPSA) is 55.0 Å². The van der Waals surface area contributed by atoms with Crippen LogP contribution in [0.4, 0.5) is 5.82 Å². The number of hydrogen-bond donors (Lipinski definition) is 1. The molecule has 0 amide bonds. The summed E-state index contributed by atoms with van der Waals surface area (Å²) in [6.45, 7) is 4.04. The van der Waals surface area contributed by atoms with E-state index in [9.17, 15) is 0 Å². The number of benzene rings is 1. The highest BCUT2D eigenvalue weighted by Gasteiger charge is 2.17. The van der Waals surface area contributed by atoms with Crippen molar-refractivity contribution in [2.45, 2.75) is 25.8 Å². The maximum absolute atomic E-state index is 5.93. The zero-order valence-corrected chi connectivity index (χ0v) is 11.8. The summed E-state index contributed by atoms with van der Waals surface area (Å²) in [5.41, 5.74) is 9.23. The lowest BCUT2D eigenvalue weighted by Gasteiger charge is -2.30. The van der Waals surface area contributed by atoms with Crippen LogP contribution < -0.4 is 10.6 Å². The van der Waals surface area contributed by atoms with Gasteiger partial charge in [-0.2, -0.15) is 0 Å². The molecule has 0 bridgehead atoms. The van der Waals surface area contributed by atoms with Gasteiger partial charge in [-0.3, -0.25) is 0 Å². The Balaban J connectivity index is 1.80. The van der Waals surface area contributed by atoms with Gasteiger partial charge in [0, 0.05) is 24.7 Å². The van der Waals surface area contributed by atoms with E-state index in [1.54, 1.807) is 0 Å². The van der Waals surface area contributed by atoms with E-state index < -0.39 is 0 Å². The van der Waals surface area contributed by atoms with Crippen molar-refractivity contribution in [3.8, 4) is 11.3 Å². The van der Waals surface area contributed by atoms with Gasteiger partial charge in [-0.15, -0.1) is 10.2 Å². The van der Waals surface area contributed by atoms with Crippen LogP contribution in [0, 0.1) is 6.92 Å². The Morgan fingerprint density at radius 2 is 1.80 bits per heavy atom. The van der Waals surface area contributed by atoms with Crippen LogP contribution in [0.2, 0.25) is 0 Å². The summed E-state index contributed by atoms with van der Waals surface area (Å²) in [4.78, 5) is 2.26. The number of piperidine rings is 1. The lowest BCUT2D eigenvalue weighted by molar-refractivity contribution is 0.497. The van der Waals surface area contributed by atoms with Crippen molar-refractivity contribution in [3.63, 3.8) is 0 Å². The molecule has 0 atom stereocenters. The predicted octanol–water partition coefficient (Wildman–Crippen LogP) is 2.38. The summed E-state index contributed by atoms with van der Waals surface area (Å²) in [6.07, 6.45) is 2.06. The van der Waals surface area contributed by atoms with Crippen molar-refractivity contribution in [1.82, 2.24) is 10.2 Å². The molecule has 1 aromatic carbocycles. The minimum absolute atomic E-state index is 0.338. The Bertz CT molecular complexity index is 571. The summed E-state index contributed by atoms with van der Waals surface area (Å²) in [7, 11) is 0. The fraction of sp³-hybridized carbons (Fsp3) is 0.375. The van der Waals surface area contributed by atoms with Crippen LogP contribution >= 0.6 is 0 Å². The van der Waals surface area contributed by atoms with Crippen LogP contribution in [0.25, 0.3) is 11.3 Å². The molecule has 3 rings (SSSR count). The minimum atomic E-state index is 0.338. The average Bonchev–Trinajstić information content (AvgIpc) is 2.49. The maximum Gasteiger partial charge on any atom is 0.151 e. The van der Waals surface area contributed by atoms with Crippen molar-refractivity contribution in [2.24, 2.45) is 5.73 Å². The molecular weight excluding hydrogens is 248 g/mol. The quantitative estimate of drug-likeness (QED) is 0.908. The zero-order chi connectivity index (χ0) is 13.9. The van der Waals surface area contributed by atoms with Crippen LogP contribution in [0.3, 0.4) is 0 Å². The second-order valence-electron chi connectivity index (χ2n) is 5.42. The van der Waals surface area contributed by atoms with Crippen molar-refractivity contribution in [1.29, 1.82) is 0 Å². The van der Waals surface area contributed by atoms with E-state index in [2.05, 4.69) is 46.3 Å². The summed E-state index contributed by atoms with van der Waals surface area (Å²) < 4.78 is 0. The molecule has 2 N–H and O–H groups in total. The number of rotatable bonds is 2. The van der Waals surface area contributed by atoms with Gasteiger partial charge < -0.3 is 10.6 Å². The minimum Gasteiger partial charge on any atom is -0.355 e. The molecule has 1 aromatic heterocycles. The summed E-state index contributed by atoms with van der Waals surface area (Å²) in [5.74, 6) is 0.953. The molecule has 0 aliphatic carbocycles. The van der Waals surface area contributed by atoms with Gasteiger partial charge >= 0.3 is 0 Å². The number of hydrogen-bond acceptors (Lipinski definition) is 4. The van der Waals surface area contributed by atoms with Gasteiger partial charge in [0.2, 0.25) is 0 Å². The first-order valence-corrected chi connectivity index (χ1v) is 7.14. The van der Waals surface area contributed by atoms with Crippen LogP contribution in [0.5, 0.6) is 0 Å². The van der Waals surface area contributed by atoms with Gasteiger partial charge in [-0.25, -0.2) is 0 Å². The summed E-state index contributed by atoms with van der Waals surface area (Å²) >= 11 is 0. The van der Waals surface area contributed by atoms with Crippen molar-refractivity contribution in [2.75, 3.05) is 18.0 Å². The average molecular weight is 268 g/mol. The zero-order valence-electron chi connectivity index (χ0n) is 11.8. The van der Waals surface area contributed by atoms with Gasteiger partial charge in [-0.05, 0) is 37.5 Å². The molecule has 0 spiro atoms. The van der Waals surface area contributed by atoms with E-state index in [1.165, 1.54) is 5.56 Å². The molecule has 2 aromatic rings. The van der Waals surface area contributed by atoms with Gasteiger partial charge in [0.05, 0.1) is 5.69 Å². The van der Waals surface area contributed by atoms with Crippen molar-refractivity contribution >= 4 is 5.82 Å². The van der Waals surface area contributed by atoms with Crippen molar-refractivity contribution in [3.05, 3.63) is 42.0 Å². The van der Waals surface area contributed by atoms with Crippen molar-refractivity contribution < 1.29 is 0 Å². The molecule has 104 valence electrons. The van der Waals surface area contributed by atoms with E-state index in [1.807, 2.05) is 12.1 Å². The number of nitrogens with two attached hydrogens (primary N) is 1. The number of aryl methyl sites for hydroxylation is 1. The normalized spacial score (nSPS) is 16.4. The smallest absolute Gasteiger partial charge is 0.151 e. The van der Waals surface area contributed by atoms with E-state index in [4.69, 9.17) is 5.73 Å². The van der Waals surface area contributed by atoms with Gasteiger partial charge in [0.1, 0.15) is 0 Å². The third-order valence-corrected chi connectivity index (χ3v) is 3.94. The first-order valence-electron chi connectivity index (χ1n) is 7.14. The Morgan fingerprint density at radius 1 is 1.05 bits per heavy atom. The van der Waals surface area contributed by atoms with E-state index in [-0.39, 0.29) is 0 Å². The predicted molar refractivity (Wildman–Crippen MR) is 81.6 cm³/mol. The molecule has 1 aliphatic heterocycles. The highest BCUT2D eigenvalue weighted by Crippen LogP contribution is 2.22. The number of aromatic nitrogens is 2. The van der Waals surface area contributed by atoms with Crippen LogP contribution in [-0.2, 0) is 0 Å². The van der Waals surface area contributed by atoms with Crippen LogP contribution in [-0.4, -0.2) is 29.3 Å². The molecule has 2 heterocycles. The first kappa shape index (κ1) is 13.1. The molecule has 0 saturated carbocycles. The second-order valence-corrected chi connectivity index (χ2v) is 5.42. The van der Waals surface area contributed by atoms with Gasteiger partial charge in [-0.1, -0.05) is 24.3 Å². The Morgan fingerprint density at radius 3 is 2.45 bits per heavy atom. The molecule has 1 aliphatic rings. The Labute approximate surface area is 119 Å². The molecule has 1 saturated heterocycles. The molecule has 4 heteroatoms. The number of nitrogens with zero attached hydrogens (tertiary/aromatic N) is 3. The molecule has 1 fully saturated rings. The van der Waals surface area contributed by atoms with E-state index in [0.29, 0.717) is 6.04 Å². The SMILES string of the molecule is Cc1ccccc1-c1ccc(N2CCC(N)CC2)nn1. The van der Waals surface area contributed by atoms with Crippen LogP contribution in [0.15, 0.2) is 36.4 Å². The monoisotopic (exact) mass is 268 g/mol. The van der Waals surface area contributed by atoms with Gasteiger partial charge in [0.25, 0.3) is 0 Å². The first-order chi connectivity index (χ1) is 9.74. The summed E-state index contributed by atoms with van der Waals surface area (Å²) in [5, 5.41) is 8.76. The third-order valence-electron chi connectivity index (χ3n) is 3.94. The lowest BCUT2D eigenvalue weighted by Crippen LogP contribution is -2.40. The van der Waals surface area contributed by atoms with Crippen LogP contribution in [0.1, 0.15) is 18.4 Å². The summed E-state index contributed by atoms with van der Waals surface area (Å²) in [6, 6.07) is 12.7. The Kier molecular flexibility index (Phi) is 3.65. The third kappa shape index (κ3) is 2.65. The standard InChI is InChI=1S/C16H20N4/c1-12-4-2-3-5-14(12)15-6-7-16(19-18-15)20-10-8-13(17)9-11-20/h2-7,13H,8-11,17H2,1H3. The Hall–Kier alpha value is -1.94. The molecular formula is C16H20N4. The van der Waals surface area contributed by atoms with Gasteiger partial charge in [0.15, 0.2) is 5.82 Å². The molecule has 4 nitrogen and oxygen atoms in total. The fourth-order valence-electron chi connectivity index (χ4n) is 2.63. The molecule has 0 unspecified atom stereocenters. The largest absolute Gasteiger partial charge is 0.355 e. The second kappa shape index (κ2) is 5.59. The fourth-order valence-corrected chi connectivity index (χ4v) is 2.63. The number of anilines is 1. The molecule has 0 radical (unpaired) electrons. The highest BCUT2D eigenvalue weighted by molar-refractivity contribution is 5.63. The van der Waals surface area contributed by atoms with E-state index in [0.717, 1.165) is 43.0 Å².